The third-order valence-electron chi connectivity index (χ3n) is 4.66. The quantitative estimate of drug-likeness (QED) is 0.839. The molecule has 1 aliphatic heterocycles. The van der Waals surface area contributed by atoms with E-state index in [4.69, 9.17) is 0 Å². The molecule has 0 fully saturated rings. The molecule has 23 heavy (non-hydrogen) atoms. The molecular formula is C18H23N3O2. The second kappa shape index (κ2) is 5.72. The maximum absolute atomic E-state index is 12.5. The first-order chi connectivity index (χ1) is 10.9. The second-order valence-corrected chi connectivity index (χ2v) is 6.59. The third kappa shape index (κ3) is 2.60. The van der Waals surface area contributed by atoms with Gasteiger partial charge in [-0.15, -0.1) is 0 Å². The predicted octanol–water partition coefficient (Wildman–Crippen LogP) is 2.88. The summed E-state index contributed by atoms with van der Waals surface area (Å²) in [5, 5.41) is 0. The molecule has 5 heteroatoms. The van der Waals surface area contributed by atoms with Gasteiger partial charge in [-0.2, -0.15) is 0 Å². The number of carbonyl (C=O) groups excluding carboxylic acids is 2. The van der Waals surface area contributed by atoms with Crippen molar-refractivity contribution in [3.8, 4) is 0 Å². The van der Waals surface area contributed by atoms with Crippen LogP contribution in [0, 0.1) is 0 Å². The minimum absolute atomic E-state index is 0.130. The first-order valence-electron chi connectivity index (χ1n) is 8.17. The van der Waals surface area contributed by atoms with Gasteiger partial charge < -0.3 is 10.3 Å². The van der Waals surface area contributed by atoms with Crippen molar-refractivity contribution in [3.63, 3.8) is 0 Å². The van der Waals surface area contributed by atoms with Crippen LogP contribution in [0.25, 0.3) is 0 Å². The highest BCUT2D eigenvalue weighted by molar-refractivity contribution is 6.07. The van der Waals surface area contributed by atoms with E-state index in [-0.39, 0.29) is 11.7 Å². The zero-order chi connectivity index (χ0) is 16.6. The van der Waals surface area contributed by atoms with Gasteiger partial charge in [-0.25, -0.2) is 0 Å². The third-order valence-corrected chi connectivity index (χ3v) is 4.66. The van der Waals surface area contributed by atoms with Gasteiger partial charge in [0.15, 0.2) is 5.78 Å². The van der Waals surface area contributed by atoms with E-state index in [2.05, 4.69) is 10.9 Å². The number of nitrogens with zero attached hydrogens (tertiary/aromatic N) is 1. The van der Waals surface area contributed by atoms with Crippen molar-refractivity contribution in [2.45, 2.75) is 45.4 Å². The zero-order valence-electron chi connectivity index (χ0n) is 13.9. The number of amides is 1. The van der Waals surface area contributed by atoms with Crippen LogP contribution in [0.1, 0.15) is 45.6 Å². The largest absolute Gasteiger partial charge is 0.312 e. The lowest BCUT2D eigenvalue weighted by atomic mass is 9.86. The molecule has 0 atom stereocenters. The summed E-state index contributed by atoms with van der Waals surface area (Å²) in [7, 11) is 0. The van der Waals surface area contributed by atoms with Crippen LogP contribution >= 0.6 is 0 Å². The molecule has 1 amide bonds. The van der Waals surface area contributed by atoms with Crippen molar-refractivity contribution >= 4 is 23.1 Å². The molecule has 5 nitrogen and oxygen atoms in total. The van der Waals surface area contributed by atoms with E-state index >= 15 is 0 Å². The number of hydrogen-bond acceptors (Lipinski definition) is 4. The SMILES string of the molecule is CCN1C(=O)C(C)(C)c2cc(NNC3=CCCCC3=O)ccc21. The highest BCUT2D eigenvalue weighted by Gasteiger charge is 2.43. The Morgan fingerprint density at radius 1 is 1.22 bits per heavy atom. The molecule has 0 radical (unpaired) electrons. The van der Waals surface area contributed by atoms with Crippen molar-refractivity contribution in [3.05, 3.63) is 35.5 Å². The van der Waals surface area contributed by atoms with Gasteiger partial charge in [0.05, 0.1) is 16.8 Å². The van der Waals surface area contributed by atoms with Crippen LogP contribution in [0.3, 0.4) is 0 Å². The Balaban J connectivity index is 1.82. The molecule has 2 aliphatic rings. The first-order valence-corrected chi connectivity index (χ1v) is 8.17. The van der Waals surface area contributed by atoms with Crippen LogP contribution in [-0.4, -0.2) is 18.2 Å². The molecule has 122 valence electrons. The highest BCUT2D eigenvalue weighted by atomic mass is 16.2. The molecule has 0 spiro atoms. The number of rotatable bonds is 4. The van der Waals surface area contributed by atoms with Gasteiger partial charge in [-0.05, 0) is 57.4 Å². The predicted molar refractivity (Wildman–Crippen MR) is 91.2 cm³/mol. The summed E-state index contributed by atoms with van der Waals surface area (Å²) in [4.78, 5) is 26.1. The molecule has 1 aromatic rings. The fourth-order valence-electron chi connectivity index (χ4n) is 3.24. The Hall–Kier alpha value is -2.30. The fraction of sp³-hybridized carbons (Fsp3) is 0.444. The van der Waals surface area contributed by atoms with Gasteiger partial charge in [0.25, 0.3) is 0 Å². The number of carbonyl (C=O) groups is 2. The maximum atomic E-state index is 12.5. The lowest BCUT2D eigenvalue weighted by Gasteiger charge is -2.18. The topological polar surface area (TPSA) is 61.4 Å². The summed E-state index contributed by atoms with van der Waals surface area (Å²) in [6.07, 6.45) is 4.37. The van der Waals surface area contributed by atoms with E-state index in [1.165, 1.54) is 0 Å². The van der Waals surface area contributed by atoms with E-state index in [0.717, 1.165) is 29.8 Å². The minimum Gasteiger partial charge on any atom is -0.312 e. The summed E-state index contributed by atoms with van der Waals surface area (Å²) in [5.41, 5.74) is 9.03. The monoisotopic (exact) mass is 313 g/mol. The van der Waals surface area contributed by atoms with Gasteiger partial charge in [0, 0.05) is 18.7 Å². The van der Waals surface area contributed by atoms with E-state index in [9.17, 15) is 9.59 Å². The van der Waals surface area contributed by atoms with Crippen LogP contribution in [-0.2, 0) is 15.0 Å². The maximum Gasteiger partial charge on any atom is 0.237 e. The van der Waals surface area contributed by atoms with Crippen molar-refractivity contribution in [1.82, 2.24) is 5.43 Å². The number of Topliss-reactive ketones (excluding diaryl/α,β-unsaturated/α-hetero) is 1. The molecule has 1 aromatic carbocycles. The average Bonchev–Trinajstić information content (AvgIpc) is 2.73. The second-order valence-electron chi connectivity index (χ2n) is 6.59. The number of hydrogen-bond donors (Lipinski definition) is 2. The lowest BCUT2D eigenvalue weighted by molar-refractivity contribution is -0.122. The zero-order valence-corrected chi connectivity index (χ0v) is 13.9. The van der Waals surface area contributed by atoms with Crippen molar-refractivity contribution in [2.24, 2.45) is 0 Å². The number of benzene rings is 1. The van der Waals surface area contributed by atoms with Crippen molar-refractivity contribution in [2.75, 3.05) is 16.9 Å². The summed E-state index contributed by atoms with van der Waals surface area (Å²) >= 11 is 0. The summed E-state index contributed by atoms with van der Waals surface area (Å²) in [6, 6.07) is 5.88. The highest BCUT2D eigenvalue weighted by Crippen LogP contribution is 2.42. The lowest BCUT2D eigenvalue weighted by Crippen LogP contribution is -2.35. The molecule has 1 aliphatic carbocycles. The Morgan fingerprint density at radius 2 is 2.00 bits per heavy atom. The number of nitrogens with one attached hydrogen (secondary N) is 2. The van der Waals surface area contributed by atoms with Crippen molar-refractivity contribution in [1.29, 1.82) is 0 Å². The number of likely N-dealkylation sites (N-methyl/N-ethyl adjacent to an activating group) is 1. The van der Waals surface area contributed by atoms with E-state index in [0.29, 0.717) is 18.7 Å². The molecule has 0 aromatic heterocycles. The Bertz CT molecular complexity index is 692. The molecule has 0 saturated carbocycles. The molecule has 3 rings (SSSR count). The van der Waals surface area contributed by atoms with Gasteiger partial charge >= 0.3 is 0 Å². The van der Waals surface area contributed by atoms with Gasteiger partial charge in [-0.3, -0.25) is 15.0 Å². The number of allylic oxidation sites excluding steroid dienone is 2. The summed E-state index contributed by atoms with van der Waals surface area (Å²) in [6.45, 7) is 6.56. The van der Waals surface area contributed by atoms with E-state index in [1.54, 1.807) is 0 Å². The molecule has 0 unspecified atom stereocenters. The Kier molecular flexibility index (Phi) is 3.88. The molecule has 2 N–H and O–H groups in total. The van der Waals surface area contributed by atoms with Crippen LogP contribution in [0.2, 0.25) is 0 Å². The fourth-order valence-corrected chi connectivity index (χ4v) is 3.24. The summed E-state index contributed by atoms with van der Waals surface area (Å²) in [5.74, 6) is 0.267. The molecule has 0 bridgehead atoms. The van der Waals surface area contributed by atoms with Crippen LogP contribution < -0.4 is 15.8 Å². The Labute approximate surface area is 136 Å². The number of anilines is 2. The standard InChI is InChI=1S/C18H23N3O2/c1-4-21-15-10-9-12(11-13(15)18(2,3)17(21)23)19-20-14-7-5-6-8-16(14)22/h7,9-11,19-20H,4-6,8H2,1-3H3. The van der Waals surface area contributed by atoms with Gasteiger partial charge in [0.1, 0.15) is 0 Å². The minimum atomic E-state index is -0.525. The molecular weight excluding hydrogens is 290 g/mol. The van der Waals surface area contributed by atoms with Crippen LogP contribution in [0.15, 0.2) is 30.0 Å². The van der Waals surface area contributed by atoms with E-state index < -0.39 is 5.41 Å². The van der Waals surface area contributed by atoms with E-state index in [1.807, 2.05) is 49.9 Å². The van der Waals surface area contributed by atoms with Crippen LogP contribution in [0.4, 0.5) is 11.4 Å². The van der Waals surface area contributed by atoms with Gasteiger partial charge in [-0.1, -0.05) is 6.08 Å². The Morgan fingerprint density at radius 3 is 2.70 bits per heavy atom. The summed E-state index contributed by atoms with van der Waals surface area (Å²) < 4.78 is 0. The number of fused-ring (bicyclic) bond motifs is 1. The number of hydrazine groups is 1. The average molecular weight is 313 g/mol. The van der Waals surface area contributed by atoms with Crippen molar-refractivity contribution < 1.29 is 9.59 Å². The molecule has 0 saturated heterocycles. The smallest absolute Gasteiger partial charge is 0.237 e. The first kappa shape index (κ1) is 15.6. The normalized spacial score (nSPS) is 19.4. The van der Waals surface area contributed by atoms with Crippen LogP contribution in [0.5, 0.6) is 0 Å². The molecule has 1 heterocycles. The van der Waals surface area contributed by atoms with Gasteiger partial charge in [0.2, 0.25) is 5.91 Å². The number of ketones is 1.